The Morgan fingerprint density at radius 3 is 2.79 bits per heavy atom. The van der Waals surface area contributed by atoms with Crippen molar-refractivity contribution in [3.05, 3.63) is 34.3 Å². The van der Waals surface area contributed by atoms with Gasteiger partial charge in [-0.3, -0.25) is 0 Å². The van der Waals surface area contributed by atoms with E-state index >= 15 is 0 Å². The minimum atomic E-state index is -1.01. The van der Waals surface area contributed by atoms with Gasteiger partial charge in [-0.1, -0.05) is 6.92 Å². The Kier molecular flexibility index (Phi) is 7.91. The van der Waals surface area contributed by atoms with E-state index in [0.29, 0.717) is 10.7 Å². The minimum absolute atomic E-state index is 0.0899. The third kappa shape index (κ3) is 5.54. The van der Waals surface area contributed by atoms with Crippen molar-refractivity contribution in [1.29, 1.82) is 0 Å². The molecule has 3 rings (SSSR count). The number of amides is 1. The SMILES string of the molecule is CC1CC=C(C2=CCCN(C(=O)C3CCC(Br)CC3=C[S-](C)#[O+])CC2)C(C)C1. The Balaban J connectivity index is 1.68. The normalized spacial score (nSPS) is 33.4. The number of halogens is 1. The Morgan fingerprint density at radius 1 is 1.29 bits per heavy atom. The summed E-state index contributed by atoms with van der Waals surface area (Å²) in [7, 11) is -1.01. The van der Waals surface area contributed by atoms with Crippen molar-refractivity contribution in [2.24, 2.45) is 17.8 Å². The molecule has 0 saturated heterocycles. The van der Waals surface area contributed by atoms with E-state index in [1.807, 2.05) is 5.41 Å². The van der Waals surface area contributed by atoms with Crippen LogP contribution in [0.4, 0.5) is 0 Å². The molecule has 1 aliphatic heterocycles. The number of alkyl halides is 1. The van der Waals surface area contributed by atoms with Crippen LogP contribution >= 0.6 is 15.9 Å². The fourth-order valence-corrected chi connectivity index (χ4v) is 6.35. The van der Waals surface area contributed by atoms with Gasteiger partial charge in [0.1, 0.15) is 0 Å². The van der Waals surface area contributed by atoms with Gasteiger partial charge in [0.15, 0.2) is 0 Å². The summed E-state index contributed by atoms with van der Waals surface area (Å²) in [4.78, 5) is 15.8. The summed E-state index contributed by atoms with van der Waals surface area (Å²) in [6, 6.07) is 0. The van der Waals surface area contributed by atoms with Crippen LogP contribution < -0.4 is 0 Å². The van der Waals surface area contributed by atoms with Crippen molar-refractivity contribution in [3.63, 3.8) is 0 Å². The second-order valence-electron chi connectivity index (χ2n) is 8.85. The van der Waals surface area contributed by atoms with Crippen molar-refractivity contribution >= 4 is 32.5 Å². The van der Waals surface area contributed by atoms with E-state index in [2.05, 4.69) is 46.8 Å². The first-order valence-corrected chi connectivity index (χ1v) is 13.2. The maximum atomic E-state index is 13.3. The van der Waals surface area contributed by atoms with Gasteiger partial charge in [0, 0.05) is 0 Å². The molecule has 1 heterocycles. The van der Waals surface area contributed by atoms with Crippen LogP contribution in [0.2, 0.25) is 0 Å². The summed E-state index contributed by atoms with van der Waals surface area (Å²) in [5, 5.41) is 1.81. The number of carbonyl (C=O) groups excluding carboxylic acids is 1. The Bertz CT molecular complexity index is 760. The second kappa shape index (κ2) is 9.99. The van der Waals surface area contributed by atoms with Crippen LogP contribution in [0.3, 0.4) is 0 Å². The number of carbonyl (C=O) groups is 1. The van der Waals surface area contributed by atoms with Crippen LogP contribution in [-0.2, 0) is 19.5 Å². The molecule has 0 N–H and O–H groups in total. The summed E-state index contributed by atoms with van der Waals surface area (Å²) >= 11 is 3.69. The molecule has 1 amide bonds. The molecular formula is C23H34BrNO2S. The maximum absolute atomic E-state index is 13.3. The summed E-state index contributed by atoms with van der Waals surface area (Å²) in [5.74, 6) is 1.56. The van der Waals surface area contributed by atoms with Gasteiger partial charge in [-0.05, 0) is 5.92 Å². The van der Waals surface area contributed by atoms with Gasteiger partial charge < -0.3 is 0 Å². The van der Waals surface area contributed by atoms with E-state index in [9.17, 15) is 8.84 Å². The molecular weight excluding hydrogens is 434 g/mol. The molecule has 156 valence electrons. The number of hydrogen-bond donors (Lipinski definition) is 0. The van der Waals surface area contributed by atoms with Gasteiger partial charge in [-0.2, -0.15) is 0 Å². The van der Waals surface area contributed by atoms with Gasteiger partial charge in [0.25, 0.3) is 0 Å². The average Bonchev–Trinajstić information content (AvgIpc) is 2.87. The number of nitrogens with zero attached hydrogens (tertiary/aromatic N) is 1. The van der Waals surface area contributed by atoms with Crippen LogP contribution in [0.25, 0.3) is 0 Å². The fraction of sp³-hybridized carbons (Fsp3) is 0.696. The van der Waals surface area contributed by atoms with Crippen LogP contribution in [0.1, 0.15) is 58.8 Å². The molecule has 1 fully saturated rings. The third-order valence-corrected chi connectivity index (χ3v) is 7.86. The molecule has 4 atom stereocenters. The molecule has 4 unspecified atom stereocenters. The monoisotopic (exact) mass is 467 g/mol. The first kappa shape index (κ1) is 22.2. The first-order valence-electron chi connectivity index (χ1n) is 10.7. The van der Waals surface area contributed by atoms with E-state index in [0.717, 1.165) is 56.7 Å². The number of rotatable bonds is 2. The van der Waals surface area contributed by atoms with E-state index in [1.165, 1.54) is 24.0 Å². The zero-order valence-corrected chi connectivity index (χ0v) is 19.9. The van der Waals surface area contributed by atoms with Gasteiger partial charge in [0.05, 0.1) is 0 Å². The van der Waals surface area contributed by atoms with Crippen molar-refractivity contribution < 1.29 is 8.84 Å². The predicted octanol–water partition coefficient (Wildman–Crippen LogP) is 5.57. The van der Waals surface area contributed by atoms with Gasteiger partial charge in [-0.15, -0.1) is 0 Å². The molecule has 5 heteroatoms. The summed E-state index contributed by atoms with van der Waals surface area (Å²) in [6.45, 7) is 6.29. The molecule has 0 aromatic rings. The summed E-state index contributed by atoms with van der Waals surface area (Å²) in [5.41, 5.74) is 4.05. The van der Waals surface area contributed by atoms with Gasteiger partial charge in [0.2, 0.25) is 0 Å². The quantitative estimate of drug-likeness (QED) is 0.297. The molecule has 0 aromatic heterocycles. The molecule has 0 aromatic carbocycles. The molecule has 1 saturated carbocycles. The Hall–Kier alpha value is -0.520. The van der Waals surface area contributed by atoms with Crippen molar-refractivity contribution in [3.8, 4) is 0 Å². The standard InChI is InChI=1S/C23H34BrNO2S/c1-16-6-8-21(17(2)13-16)18-5-4-11-25(12-10-18)23(26)22-9-7-20(24)14-19(22)15-28(3)27/h5,8,15-17,20,22H,4,6-7,9-14H2,1-3H3. The zero-order chi connectivity index (χ0) is 20.3. The summed E-state index contributed by atoms with van der Waals surface area (Å²) < 4.78 is 11.8. The van der Waals surface area contributed by atoms with Crippen LogP contribution in [0.15, 0.2) is 34.3 Å². The molecule has 3 aliphatic rings. The zero-order valence-electron chi connectivity index (χ0n) is 17.5. The first-order chi connectivity index (χ1) is 13.3. The second-order valence-corrected chi connectivity index (χ2v) is 11.4. The van der Waals surface area contributed by atoms with E-state index in [4.69, 9.17) is 0 Å². The van der Waals surface area contributed by atoms with Gasteiger partial charge >= 0.3 is 168 Å². The Labute approximate surface area is 181 Å². The Morgan fingerprint density at radius 2 is 2.07 bits per heavy atom. The van der Waals surface area contributed by atoms with Crippen molar-refractivity contribution in [2.45, 2.75) is 63.6 Å². The predicted molar refractivity (Wildman–Crippen MR) is 122 cm³/mol. The topological polar surface area (TPSA) is 40.2 Å². The molecule has 28 heavy (non-hydrogen) atoms. The van der Waals surface area contributed by atoms with E-state index in [1.54, 1.807) is 6.26 Å². The molecule has 0 radical (unpaired) electrons. The molecule has 0 spiro atoms. The van der Waals surface area contributed by atoms with Gasteiger partial charge in [-0.25, -0.2) is 0 Å². The molecule has 3 nitrogen and oxygen atoms in total. The average molecular weight is 469 g/mol. The number of hydrogen-bond acceptors (Lipinski definition) is 2. The van der Waals surface area contributed by atoms with Crippen LogP contribution in [0.5, 0.6) is 0 Å². The van der Waals surface area contributed by atoms with E-state index in [-0.39, 0.29) is 11.8 Å². The number of allylic oxidation sites excluding steroid dienone is 2. The van der Waals surface area contributed by atoms with Crippen molar-refractivity contribution in [1.82, 2.24) is 4.90 Å². The van der Waals surface area contributed by atoms with Crippen molar-refractivity contribution in [2.75, 3.05) is 19.3 Å². The van der Waals surface area contributed by atoms with Crippen LogP contribution in [-0.4, -0.2) is 35.0 Å². The van der Waals surface area contributed by atoms with Crippen LogP contribution in [0, 0.1) is 17.8 Å². The summed E-state index contributed by atoms with van der Waals surface area (Å²) in [6.07, 6.45) is 13.5. The fourth-order valence-electron chi connectivity index (χ4n) is 5.03. The van der Waals surface area contributed by atoms with E-state index < -0.39 is 10.6 Å². The molecule has 0 bridgehead atoms. The molecule has 2 aliphatic carbocycles. The third-order valence-electron chi connectivity index (χ3n) is 6.44.